The lowest BCUT2D eigenvalue weighted by Crippen LogP contribution is -2.42. The Labute approximate surface area is 176 Å². The van der Waals surface area contributed by atoms with Gasteiger partial charge in [0.1, 0.15) is 6.61 Å². The Morgan fingerprint density at radius 2 is 1.97 bits per heavy atom. The van der Waals surface area contributed by atoms with E-state index in [9.17, 15) is 4.79 Å². The molecule has 0 bridgehead atoms. The van der Waals surface area contributed by atoms with E-state index in [-0.39, 0.29) is 17.9 Å². The first-order chi connectivity index (χ1) is 14.3. The number of aromatic nitrogens is 1. The van der Waals surface area contributed by atoms with Crippen molar-refractivity contribution in [1.29, 1.82) is 0 Å². The second-order valence-corrected chi connectivity index (χ2v) is 8.64. The van der Waals surface area contributed by atoms with E-state index in [0.717, 1.165) is 27.7 Å². The lowest BCUT2D eigenvalue weighted by atomic mass is 9.87. The van der Waals surface area contributed by atoms with Crippen LogP contribution in [0.5, 0.6) is 11.5 Å². The molecule has 4 rings (SSSR count). The summed E-state index contributed by atoms with van der Waals surface area (Å²) in [6.07, 6.45) is 0.934. The smallest absolute Gasteiger partial charge is 0.284 e. The van der Waals surface area contributed by atoms with Crippen LogP contribution < -0.4 is 14.9 Å². The third kappa shape index (κ3) is 3.65. The second-order valence-electron chi connectivity index (χ2n) is 8.64. The Kier molecular flexibility index (Phi) is 5.02. The van der Waals surface area contributed by atoms with E-state index in [4.69, 9.17) is 9.47 Å². The van der Waals surface area contributed by atoms with Gasteiger partial charge in [-0.3, -0.25) is 4.79 Å². The molecule has 0 fully saturated rings. The zero-order chi connectivity index (χ0) is 21.5. The normalized spacial score (nSPS) is 16.2. The van der Waals surface area contributed by atoms with Crippen LogP contribution in [0.3, 0.4) is 0 Å². The van der Waals surface area contributed by atoms with Gasteiger partial charge in [-0.2, -0.15) is 5.10 Å². The Morgan fingerprint density at radius 1 is 1.20 bits per heavy atom. The van der Waals surface area contributed by atoms with Gasteiger partial charge in [0.15, 0.2) is 11.5 Å². The monoisotopic (exact) mass is 405 g/mol. The fourth-order valence-corrected chi connectivity index (χ4v) is 3.61. The van der Waals surface area contributed by atoms with Crippen LogP contribution in [-0.4, -0.2) is 29.4 Å². The van der Waals surface area contributed by atoms with E-state index in [0.29, 0.717) is 11.5 Å². The highest BCUT2D eigenvalue weighted by Gasteiger charge is 2.28. The number of hydrazone groups is 1. The zero-order valence-corrected chi connectivity index (χ0v) is 18.0. The number of carbonyl (C=O) groups is 1. The molecule has 1 aliphatic heterocycles. The van der Waals surface area contributed by atoms with Crippen LogP contribution in [0.25, 0.3) is 10.9 Å². The van der Waals surface area contributed by atoms with Crippen LogP contribution in [0.1, 0.15) is 37.6 Å². The molecule has 0 radical (unpaired) electrons. The quantitative estimate of drug-likeness (QED) is 0.528. The van der Waals surface area contributed by atoms with Crippen molar-refractivity contribution in [3.63, 3.8) is 0 Å². The van der Waals surface area contributed by atoms with Gasteiger partial charge in [-0.05, 0) is 36.1 Å². The average molecular weight is 405 g/mol. The van der Waals surface area contributed by atoms with Gasteiger partial charge < -0.3 is 14.0 Å². The van der Waals surface area contributed by atoms with E-state index in [1.165, 1.54) is 0 Å². The number of fused-ring (bicyclic) bond motifs is 2. The molecule has 2 aromatic carbocycles. The highest BCUT2D eigenvalue weighted by Crippen LogP contribution is 2.36. The van der Waals surface area contributed by atoms with E-state index in [1.54, 1.807) is 6.21 Å². The molecule has 0 spiro atoms. The van der Waals surface area contributed by atoms with Crippen LogP contribution in [0.2, 0.25) is 0 Å². The molecule has 1 aromatic heterocycles. The molecule has 2 heterocycles. The van der Waals surface area contributed by atoms with Gasteiger partial charge in [-0.15, -0.1) is 0 Å². The number of carbonyl (C=O) groups excluding carboxylic acids is 1. The van der Waals surface area contributed by atoms with Crippen molar-refractivity contribution in [2.45, 2.75) is 39.2 Å². The summed E-state index contributed by atoms with van der Waals surface area (Å²) in [6.45, 7) is 8.58. The summed E-state index contributed by atoms with van der Waals surface area (Å²) in [5.41, 5.74) is 6.88. The number of aryl methyl sites for hydroxylation is 1. The topological polar surface area (TPSA) is 64.8 Å². The molecular formula is C24H27N3O3. The number of benzene rings is 2. The molecule has 1 aliphatic rings. The van der Waals surface area contributed by atoms with Crippen LogP contribution >= 0.6 is 0 Å². The molecular weight excluding hydrogens is 378 g/mol. The molecule has 0 saturated carbocycles. The van der Waals surface area contributed by atoms with Crippen molar-refractivity contribution in [3.8, 4) is 11.5 Å². The Hall–Kier alpha value is -3.28. The Bertz CT molecular complexity index is 1140. The maximum Gasteiger partial charge on any atom is 0.284 e. The van der Waals surface area contributed by atoms with Gasteiger partial charge in [-0.1, -0.05) is 45.0 Å². The summed E-state index contributed by atoms with van der Waals surface area (Å²) in [6, 6.07) is 14.0. The third-order valence-corrected chi connectivity index (χ3v) is 5.58. The van der Waals surface area contributed by atoms with Gasteiger partial charge in [0.2, 0.25) is 6.10 Å². The molecule has 30 heavy (non-hydrogen) atoms. The molecule has 1 N–H and O–H groups in total. The SMILES string of the molecule is Cc1c(/C=N/NC(=O)[C@@H]2COc3ccc(C(C)(C)C)cc3O2)c2ccccc2n1C. The second kappa shape index (κ2) is 7.52. The minimum Gasteiger partial charge on any atom is -0.485 e. The zero-order valence-electron chi connectivity index (χ0n) is 18.0. The van der Waals surface area contributed by atoms with Gasteiger partial charge in [0.05, 0.1) is 6.21 Å². The number of hydrogen-bond acceptors (Lipinski definition) is 4. The summed E-state index contributed by atoms with van der Waals surface area (Å²) < 4.78 is 13.8. The standard InChI is InChI=1S/C24H27N3O3/c1-15-18(17-8-6-7-9-19(17)27(15)5)13-25-26-23(28)22-14-29-20-11-10-16(24(2,3)4)12-21(20)30-22/h6-13,22H,14H2,1-5H3,(H,26,28)/b25-13+/t22-/m0/s1. The molecule has 6 nitrogen and oxygen atoms in total. The minimum atomic E-state index is -0.751. The van der Waals surface area contributed by atoms with Crippen LogP contribution in [-0.2, 0) is 17.3 Å². The van der Waals surface area contributed by atoms with E-state index >= 15 is 0 Å². The Morgan fingerprint density at radius 3 is 2.73 bits per heavy atom. The van der Waals surface area contributed by atoms with Crippen molar-refractivity contribution in [2.75, 3.05) is 6.61 Å². The number of hydrogen-bond donors (Lipinski definition) is 1. The molecule has 6 heteroatoms. The molecule has 0 aliphatic carbocycles. The number of ether oxygens (including phenoxy) is 2. The largest absolute Gasteiger partial charge is 0.485 e. The molecule has 0 saturated heterocycles. The number of nitrogens with one attached hydrogen (secondary N) is 1. The van der Waals surface area contributed by atoms with Crippen molar-refractivity contribution < 1.29 is 14.3 Å². The number of nitrogens with zero attached hydrogens (tertiary/aromatic N) is 2. The van der Waals surface area contributed by atoms with Crippen molar-refractivity contribution in [2.24, 2.45) is 12.1 Å². The summed E-state index contributed by atoms with van der Waals surface area (Å²) in [4.78, 5) is 12.6. The first-order valence-electron chi connectivity index (χ1n) is 10.1. The van der Waals surface area contributed by atoms with E-state index in [2.05, 4.69) is 41.9 Å². The highest BCUT2D eigenvalue weighted by molar-refractivity contribution is 6.01. The highest BCUT2D eigenvalue weighted by atomic mass is 16.6. The minimum absolute atomic E-state index is 0.0196. The van der Waals surface area contributed by atoms with Gasteiger partial charge in [0, 0.05) is 29.2 Å². The third-order valence-electron chi connectivity index (χ3n) is 5.58. The van der Waals surface area contributed by atoms with Gasteiger partial charge in [-0.25, -0.2) is 5.43 Å². The van der Waals surface area contributed by atoms with E-state index in [1.807, 2.05) is 50.4 Å². The van der Waals surface area contributed by atoms with Crippen LogP contribution in [0, 0.1) is 6.92 Å². The predicted molar refractivity (Wildman–Crippen MR) is 118 cm³/mol. The Balaban J connectivity index is 1.48. The number of amides is 1. The predicted octanol–water partition coefficient (Wildman–Crippen LogP) is 4.07. The van der Waals surface area contributed by atoms with Crippen LogP contribution in [0.15, 0.2) is 47.6 Å². The van der Waals surface area contributed by atoms with Gasteiger partial charge in [0.25, 0.3) is 5.91 Å². The van der Waals surface area contributed by atoms with E-state index < -0.39 is 6.10 Å². The summed E-state index contributed by atoms with van der Waals surface area (Å²) in [5.74, 6) is 0.903. The maximum absolute atomic E-state index is 12.6. The molecule has 3 aromatic rings. The molecule has 0 unspecified atom stereocenters. The fraction of sp³-hybridized carbons (Fsp3) is 0.333. The lowest BCUT2D eigenvalue weighted by Gasteiger charge is -2.27. The maximum atomic E-state index is 12.6. The molecule has 156 valence electrons. The molecule has 1 amide bonds. The number of para-hydroxylation sites is 1. The fourth-order valence-electron chi connectivity index (χ4n) is 3.61. The summed E-state index contributed by atoms with van der Waals surface area (Å²) in [5, 5.41) is 5.27. The van der Waals surface area contributed by atoms with Crippen molar-refractivity contribution in [1.82, 2.24) is 9.99 Å². The first kappa shape index (κ1) is 20.0. The van der Waals surface area contributed by atoms with Gasteiger partial charge >= 0.3 is 0 Å². The van der Waals surface area contributed by atoms with Crippen molar-refractivity contribution in [3.05, 3.63) is 59.3 Å². The van der Waals surface area contributed by atoms with Crippen molar-refractivity contribution >= 4 is 23.0 Å². The first-order valence-corrected chi connectivity index (χ1v) is 10.1. The number of rotatable bonds is 3. The summed E-state index contributed by atoms with van der Waals surface area (Å²) in [7, 11) is 2.02. The van der Waals surface area contributed by atoms with Crippen LogP contribution in [0.4, 0.5) is 0 Å². The molecule has 1 atom stereocenters. The average Bonchev–Trinajstić information content (AvgIpc) is 2.97. The summed E-state index contributed by atoms with van der Waals surface area (Å²) >= 11 is 0. The lowest BCUT2D eigenvalue weighted by molar-refractivity contribution is -0.130.